The predicted molar refractivity (Wildman–Crippen MR) is 104 cm³/mol. The molecule has 1 N–H and O–H groups in total. The lowest BCUT2D eigenvalue weighted by Crippen LogP contribution is -2.36. The first-order chi connectivity index (χ1) is 12.4. The lowest BCUT2D eigenvalue weighted by atomic mass is 9.89. The Hall–Kier alpha value is -2.00. The molecule has 0 bridgehead atoms. The van der Waals surface area contributed by atoms with E-state index < -0.39 is 5.91 Å². The molecule has 0 saturated heterocycles. The van der Waals surface area contributed by atoms with Crippen LogP contribution in [0, 0.1) is 12.8 Å². The van der Waals surface area contributed by atoms with Crippen molar-refractivity contribution in [2.75, 3.05) is 5.43 Å². The average molecular weight is 436 g/mol. The molecule has 9 heteroatoms. The Bertz CT molecular complexity index is 1080. The van der Waals surface area contributed by atoms with Crippen molar-refractivity contribution in [2.24, 2.45) is 13.0 Å². The van der Waals surface area contributed by atoms with Crippen molar-refractivity contribution in [1.29, 1.82) is 0 Å². The Balaban J connectivity index is 1.81. The number of rotatable bonds is 2. The number of hydrogen-bond donors (Lipinski definition) is 1. The molecular weight excluding hydrogens is 418 g/mol. The molecule has 26 heavy (non-hydrogen) atoms. The highest BCUT2D eigenvalue weighted by Crippen LogP contribution is 2.35. The highest BCUT2D eigenvalue weighted by Gasteiger charge is 2.25. The van der Waals surface area contributed by atoms with Crippen LogP contribution in [0.3, 0.4) is 0 Å². The quantitative estimate of drug-likeness (QED) is 0.670. The summed E-state index contributed by atoms with van der Waals surface area (Å²) in [4.78, 5) is 32.4. The van der Waals surface area contributed by atoms with Crippen molar-refractivity contribution in [3.8, 4) is 0 Å². The molecule has 1 aliphatic carbocycles. The summed E-state index contributed by atoms with van der Waals surface area (Å²) in [5, 5.41) is 4.68. The lowest BCUT2D eigenvalue weighted by Gasteiger charge is -2.17. The van der Waals surface area contributed by atoms with E-state index in [1.54, 1.807) is 31.5 Å². The van der Waals surface area contributed by atoms with Crippen LogP contribution < -0.4 is 11.0 Å². The largest absolute Gasteiger partial charge is 0.289 e. The summed E-state index contributed by atoms with van der Waals surface area (Å²) in [6.45, 7) is 3.96. The molecule has 0 aliphatic heterocycles. The first-order valence-electron chi connectivity index (χ1n) is 8.39. The van der Waals surface area contributed by atoms with Crippen LogP contribution in [0.5, 0.6) is 0 Å². The minimum Gasteiger partial charge on any atom is -0.267 e. The van der Waals surface area contributed by atoms with E-state index >= 15 is 0 Å². The zero-order valence-corrected chi connectivity index (χ0v) is 17.1. The van der Waals surface area contributed by atoms with Crippen LogP contribution in [0.4, 0.5) is 0 Å². The second-order valence-corrected chi connectivity index (χ2v) is 8.68. The lowest BCUT2D eigenvalue weighted by molar-refractivity contribution is 0.0996. The fourth-order valence-corrected chi connectivity index (χ4v) is 5.39. The number of nitrogens with zero attached hydrogens (tertiary/aromatic N) is 4. The van der Waals surface area contributed by atoms with Gasteiger partial charge in [0.2, 0.25) is 0 Å². The maximum absolute atomic E-state index is 13.1. The zero-order chi connectivity index (χ0) is 18.6. The second kappa shape index (κ2) is 6.31. The fraction of sp³-hybridized carbons (Fsp3) is 0.412. The van der Waals surface area contributed by atoms with Crippen molar-refractivity contribution in [3.63, 3.8) is 0 Å². The summed E-state index contributed by atoms with van der Waals surface area (Å²) >= 11 is 4.91. The Morgan fingerprint density at radius 1 is 1.46 bits per heavy atom. The molecule has 3 heterocycles. The highest BCUT2D eigenvalue weighted by atomic mass is 79.9. The van der Waals surface area contributed by atoms with Crippen LogP contribution in [-0.4, -0.2) is 25.3 Å². The predicted octanol–water partition coefficient (Wildman–Crippen LogP) is 2.77. The van der Waals surface area contributed by atoms with Crippen molar-refractivity contribution < 1.29 is 4.79 Å². The SMILES string of the molecule is Cc1nc2sc3c(c2c(=O)n1NC(=O)c1c(Br)cnn1C)CC[C@H](C)C3. The van der Waals surface area contributed by atoms with E-state index in [1.807, 2.05) is 0 Å². The third-order valence-electron chi connectivity index (χ3n) is 4.82. The van der Waals surface area contributed by atoms with Gasteiger partial charge in [0.15, 0.2) is 0 Å². The van der Waals surface area contributed by atoms with E-state index in [1.165, 1.54) is 14.2 Å². The van der Waals surface area contributed by atoms with E-state index in [0.717, 1.165) is 29.7 Å². The van der Waals surface area contributed by atoms with Gasteiger partial charge < -0.3 is 0 Å². The van der Waals surface area contributed by atoms with Crippen molar-refractivity contribution in [3.05, 3.63) is 43.0 Å². The number of aromatic nitrogens is 4. The number of thiophene rings is 1. The molecule has 1 amide bonds. The van der Waals surface area contributed by atoms with Gasteiger partial charge in [-0.15, -0.1) is 11.3 Å². The molecule has 0 unspecified atom stereocenters. The molecule has 0 aromatic carbocycles. The summed E-state index contributed by atoms with van der Waals surface area (Å²) in [7, 11) is 1.67. The Morgan fingerprint density at radius 2 is 2.23 bits per heavy atom. The number of hydrogen-bond acceptors (Lipinski definition) is 5. The van der Waals surface area contributed by atoms with Crippen LogP contribution in [0.15, 0.2) is 15.5 Å². The van der Waals surface area contributed by atoms with Gasteiger partial charge in [-0.25, -0.2) is 9.66 Å². The van der Waals surface area contributed by atoms with Gasteiger partial charge >= 0.3 is 0 Å². The molecule has 3 aromatic rings. The standard InChI is InChI=1S/C17H18BrN5O2S/c1-8-4-5-10-12(6-8)26-16-13(10)17(25)23(9(2)20-16)21-15(24)14-11(18)7-19-22(14)3/h7-8H,4-6H2,1-3H3,(H,21,24)/t8-/m0/s1. The molecule has 7 nitrogen and oxygen atoms in total. The smallest absolute Gasteiger partial charge is 0.267 e. The minimum atomic E-state index is -0.416. The van der Waals surface area contributed by atoms with Crippen LogP contribution in [0.25, 0.3) is 10.2 Å². The number of amides is 1. The molecule has 0 fully saturated rings. The number of aryl methyl sites for hydroxylation is 3. The summed E-state index contributed by atoms with van der Waals surface area (Å²) in [5.41, 5.74) is 3.91. The van der Waals surface area contributed by atoms with E-state index in [4.69, 9.17) is 0 Å². The summed E-state index contributed by atoms with van der Waals surface area (Å²) in [6, 6.07) is 0. The highest BCUT2D eigenvalue weighted by molar-refractivity contribution is 9.10. The molecule has 0 saturated carbocycles. The Kier molecular flexibility index (Phi) is 4.23. The van der Waals surface area contributed by atoms with Gasteiger partial charge in [0.05, 0.1) is 16.1 Å². The number of carbonyl (C=O) groups is 1. The Morgan fingerprint density at radius 3 is 2.92 bits per heavy atom. The molecular formula is C17H18BrN5O2S. The fourth-order valence-electron chi connectivity index (χ4n) is 3.44. The number of carbonyl (C=O) groups excluding carboxylic acids is 1. The normalized spacial score (nSPS) is 16.7. The van der Waals surface area contributed by atoms with Crippen molar-refractivity contribution in [1.82, 2.24) is 19.4 Å². The first-order valence-corrected chi connectivity index (χ1v) is 10.0. The number of nitrogens with one attached hydrogen (secondary N) is 1. The summed E-state index contributed by atoms with van der Waals surface area (Å²) in [5.74, 6) is 0.669. The van der Waals surface area contributed by atoms with Gasteiger partial charge in [0.1, 0.15) is 16.3 Å². The molecule has 4 rings (SSSR count). The minimum absolute atomic E-state index is 0.216. The second-order valence-electron chi connectivity index (χ2n) is 6.74. The first kappa shape index (κ1) is 17.4. The zero-order valence-electron chi connectivity index (χ0n) is 14.7. The van der Waals surface area contributed by atoms with Gasteiger partial charge in [-0.3, -0.25) is 19.7 Å². The topological polar surface area (TPSA) is 81.8 Å². The molecule has 1 aliphatic rings. The van der Waals surface area contributed by atoms with Gasteiger partial charge in [0.25, 0.3) is 11.5 Å². The van der Waals surface area contributed by atoms with Gasteiger partial charge in [-0.2, -0.15) is 5.10 Å². The third kappa shape index (κ3) is 2.69. The van der Waals surface area contributed by atoms with Gasteiger partial charge in [-0.05, 0) is 53.6 Å². The van der Waals surface area contributed by atoms with Crippen molar-refractivity contribution in [2.45, 2.75) is 33.1 Å². The molecule has 0 spiro atoms. The van der Waals surface area contributed by atoms with Crippen LogP contribution >= 0.6 is 27.3 Å². The van der Waals surface area contributed by atoms with Crippen LogP contribution in [0.2, 0.25) is 0 Å². The van der Waals surface area contributed by atoms with Crippen molar-refractivity contribution >= 4 is 43.4 Å². The van der Waals surface area contributed by atoms with Crippen LogP contribution in [-0.2, 0) is 19.9 Å². The van der Waals surface area contributed by atoms with Crippen LogP contribution in [0.1, 0.15) is 40.1 Å². The molecule has 0 radical (unpaired) electrons. The van der Waals surface area contributed by atoms with E-state index in [0.29, 0.717) is 27.3 Å². The molecule has 3 aromatic heterocycles. The number of fused-ring (bicyclic) bond motifs is 3. The maximum Gasteiger partial charge on any atom is 0.289 e. The Labute approximate surface area is 162 Å². The summed E-state index contributed by atoms with van der Waals surface area (Å²) < 4.78 is 3.27. The van der Waals surface area contributed by atoms with E-state index in [-0.39, 0.29) is 5.56 Å². The maximum atomic E-state index is 13.1. The summed E-state index contributed by atoms with van der Waals surface area (Å²) in [6.07, 6.45) is 4.49. The van der Waals surface area contributed by atoms with E-state index in [2.05, 4.69) is 38.4 Å². The average Bonchev–Trinajstić information content (AvgIpc) is 3.10. The number of halogens is 1. The molecule has 136 valence electrons. The monoisotopic (exact) mass is 435 g/mol. The molecule has 1 atom stereocenters. The third-order valence-corrected chi connectivity index (χ3v) is 6.55. The van der Waals surface area contributed by atoms with Gasteiger partial charge in [0, 0.05) is 11.9 Å². The van der Waals surface area contributed by atoms with E-state index in [9.17, 15) is 9.59 Å². The van der Waals surface area contributed by atoms with Gasteiger partial charge in [-0.1, -0.05) is 6.92 Å².